The smallest absolute Gasteiger partial charge is 0.410 e. The van der Waals surface area contributed by atoms with Gasteiger partial charge in [-0.15, -0.1) is 11.3 Å². The zero-order valence-corrected chi connectivity index (χ0v) is 18.4. The first-order valence-corrected chi connectivity index (χ1v) is 10.9. The van der Waals surface area contributed by atoms with Crippen molar-refractivity contribution in [2.75, 3.05) is 13.1 Å². The molecule has 0 spiro atoms. The third-order valence-corrected chi connectivity index (χ3v) is 6.40. The maximum Gasteiger partial charge on any atom is 0.410 e. The number of hydrogen-bond acceptors (Lipinski definition) is 4. The van der Waals surface area contributed by atoms with Gasteiger partial charge in [-0.1, -0.05) is 12.1 Å². The van der Waals surface area contributed by atoms with E-state index in [0.29, 0.717) is 12.5 Å². The molecular weight excluding hydrogens is 426 g/mol. The molecule has 0 unspecified atom stereocenters. The Bertz CT molecular complexity index is 758. The number of halogens is 1. The molecule has 0 atom stereocenters. The van der Waals surface area contributed by atoms with Gasteiger partial charge < -0.3 is 14.4 Å². The molecule has 146 valence electrons. The summed E-state index contributed by atoms with van der Waals surface area (Å²) in [6.45, 7) is 7.75. The summed E-state index contributed by atoms with van der Waals surface area (Å²) >= 11 is 5.20. The van der Waals surface area contributed by atoms with Gasteiger partial charge in [0.2, 0.25) is 0 Å². The third kappa shape index (κ3) is 5.72. The Balaban J connectivity index is 1.50. The van der Waals surface area contributed by atoms with Crippen LogP contribution in [0.5, 0.6) is 5.75 Å². The molecule has 0 bridgehead atoms. The zero-order chi connectivity index (χ0) is 19.4. The lowest BCUT2D eigenvalue weighted by molar-refractivity contribution is 0.0205. The molecule has 0 radical (unpaired) electrons. The lowest BCUT2D eigenvalue weighted by atomic mass is 9.89. The number of piperidine rings is 1. The molecule has 0 aliphatic carbocycles. The van der Waals surface area contributed by atoms with E-state index in [1.165, 1.54) is 11.1 Å². The number of carbonyl (C=O) groups is 1. The van der Waals surface area contributed by atoms with Crippen molar-refractivity contribution in [3.8, 4) is 5.75 Å². The molecule has 0 saturated carbocycles. The Kier molecular flexibility index (Phi) is 6.48. The Hall–Kier alpha value is -1.53. The standard InChI is InChI=1S/C21H26BrNO3S/c1-21(2,3)26-20(24)23-11-8-16(9-12-23)15-4-6-18(7-5-15)25-14-17-10-13-27-19(17)22/h4-7,10,13,16H,8-9,11-12,14H2,1-3H3. The van der Waals surface area contributed by atoms with Gasteiger partial charge in [0.15, 0.2) is 0 Å². The van der Waals surface area contributed by atoms with Crippen LogP contribution in [0.3, 0.4) is 0 Å². The average molecular weight is 452 g/mol. The van der Waals surface area contributed by atoms with Gasteiger partial charge in [0.1, 0.15) is 18.0 Å². The predicted octanol–water partition coefficient (Wildman–Crippen LogP) is 6.20. The molecule has 4 nitrogen and oxygen atoms in total. The maximum atomic E-state index is 12.2. The van der Waals surface area contributed by atoms with Crippen LogP contribution in [0.15, 0.2) is 39.5 Å². The normalized spacial score (nSPS) is 15.6. The highest BCUT2D eigenvalue weighted by Crippen LogP contribution is 2.30. The quantitative estimate of drug-likeness (QED) is 0.554. The number of carbonyl (C=O) groups excluding carboxylic acids is 1. The van der Waals surface area contributed by atoms with Crippen molar-refractivity contribution >= 4 is 33.4 Å². The van der Waals surface area contributed by atoms with E-state index in [0.717, 1.165) is 35.5 Å². The molecule has 1 aromatic carbocycles. The minimum Gasteiger partial charge on any atom is -0.489 e. The van der Waals surface area contributed by atoms with Crippen molar-refractivity contribution in [1.29, 1.82) is 0 Å². The van der Waals surface area contributed by atoms with Crippen LogP contribution >= 0.6 is 27.3 Å². The van der Waals surface area contributed by atoms with Crippen molar-refractivity contribution in [3.05, 3.63) is 50.6 Å². The Morgan fingerprint density at radius 1 is 1.19 bits per heavy atom. The fourth-order valence-electron chi connectivity index (χ4n) is 3.14. The van der Waals surface area contributed by atoms with Crippen molar-refractivity contribution in [2.45, 2.75) is 51.7 Å². The van der Waals surface area contributed by atoms with E-state index in [4.69, 9.17) is 9.47 Å². The summed E-state index contributed by atoms with van der Waals surface area (Å²) in [5.41, 5.74) is 2.03. The molecule has 1 aliphatic heterocycles. The van der Waals surface area contributed by atoms with Crippen molar-refractivity contribution in [2.24, 2.45) is 0 Å². The summed E-state index contributed by atoms with van der Waals surface area (Å²) in [6.07, 6.45) is 1.71. The largest absolute Gasteiger partial charge is 0.489 e. The second kappa shape index (κ2) is 8.65. The van der Waals surface area contributed by atoms with Crippen LogP contribution in [0.1, 0.15) is 50.7 Å². The molecule has 2 heterocycles. The molecule has 1 saturated heterocycles. The Morgan fingerprint density at radius 2 is 1.85 bits per heavy atom. The molecule has 0 N–H and O–H groups in total. The van der Waals surface area contributed by atoms with E-state index in [2.05, 4.69) is 39.5 Å². The van der Waals surface area contributed by atoms with E-state index in [-0.39, 0.29) is 6.09 Å². The van der Waals surface area contributed by atoms with Crippen molar-refractivity contribution in [3.63, 3.8) is 0 Å². The molecule has 3 rings (SSSR count). The summed E-state index contributed by atoms with van der Waals surface area (Å²) in [5, 5.41) is 2.05. The number of nitrogens with zero attached hydrogens (tertiary/aromatic N) is 1. The van der Waals surface area contributed by atoms with E-state index in [1.807, 2.05) is 37.8 Å². The predicted molar refractivity (Wildman–Crippen MR) is 113 cm³/mol. The van der Waals surface area contributed by atoms with E-state index < -0.39 is 5.60 Å². The molecule has 1 amide bonds. The summed E-state index contributed by atoms with van der Waals surface area (Å²) in [5.74, 6) is 1.35. The van der Waals surface area contributed by atoms with Gasteiger partial charge >= 0.3 is 6.09 Å². The minimum absolute atomic E-state index is 0.204. The molecular formula is C21H26BrNO3S. The maximum absolute atomic E-state index is 12.2. The number of amides is 1. The highest BCUT2D eigenvalue weighted by molar-refractivity contribution is 9.11. The number of ether oxygens (including phenoxy) is 2. The van der Waals surface area contributed by atoms with E-state index in [9.17, 15) is 4.79 Å². The van der Waals surface area contributed by atoms with E-state index >= 15 is 0 Å². The highest BCUT2D eigenvalue weighted by Gasteiger charge is 2.27. The summed E-state index contributed by atoms with van der Waals surface area (Å²) in [7, 11) is 0. The van der Waals surface area contributed by atoms with Crippen LogP contribution < -0.4 is 4.74 Å². The second-order valence-corrected chi connectivity index (χ2v) is 10.1. The second-order valence-electron chi connectivity index (χ2n) is 7.82. The third-order valence-electron chi connectivity index (χ3n) is 4.59. The molecule has 2 aromatic rings. The number of likely N-dealkylation sites (tertiary alicyclic amines) is 1. The zero-order valence-electron chi connectivity index (χ0n) is 16.0. The van der Waals surface area contributed by atoms with Crippen molar-refractivity contribution in [1.82, 2.24) is 4.90 Å². The van der Waals surface area contributed by atoms with Crippen LogP contribution in [0.25, 0.3) is 0 Å². The number of thiophene rings is 1. The lowest BCUT2D eigenvalue weighted by Gasteiger charge is -2.33. The van der Waals surface area contributed by atoms with Crippen LogP contribution in [0.2, 0.25) is 0 Å². The monoisotopic (exact) mass is 451 g/mol. The van der Waals surface area contributed by atoms with Gasteiger partial charge in [-0.2, -0.15) is 0 Å². The minimum atomic E-state index is -0.442. The summed E-state index contributed by atoms with van der Waals surface area (Å²) < 4.78 is 12.5. The van der Waals surface area contributed by atoms with Gasteiger partial charge in [0, 0.05) is 18.7 Å². The van der Waals surface area contributed by atoms with Crippen LogP contribution in [-0.4, -0.2) is 29.7 Å². The number of hydrogen-bond donors (Lipinski definition) is 0. The molecule has 1 aromatic heterocycles. The average Bonchev–Trinajstić information content (AvgIpc) is 3.04. The van der Waals surface area contributed by atoms with Gasteiger partial charge in [-0.25, -0.2) is 4.79 Å². The topological polar surface area (TPSA) is 38.8 Å². The fraction of sp³-hybridized carbons (Fsp3) is 0.476. The first-order chi connectivity index (χ1) is 12.8. The van der Waals surface area contributed by atoms with Crippen LogP contribution in [0.4, 0.5) is 4.79 Å². The van der Waals surface area contributed by atoms with Crippen LogP contribution in [-0.2, 0) is 11.3 Å². The summed E-state index contributed by atoms with van der Waals surface area (Å²) in [6, 6.07) is 10.4. The molecule has 1 aliphatic rings. The first kappa shape index (κ1) is 20.2. The van der Waals surface area contributed by atoms with Crippen LogP contribution in [0, 0.1) is 0 Å². The molecule has 1 fully saturated rings. The Morgan fingerprint density at radius 3 is 2.41 bits per heavy atom. The van der Waals surface area contributed by atoms with Crippen molar-refractivity contribution < 1.29 is 14.3 Å². The first-order valence-electron chi connectivity index (χ1n) is 9.24. The Labute approximate surface area is 173 Å². The highest BCUT2D eigenvalue weighted by atomic mass is 79.9. The van der Waals surface area contributed by atoms with Gasteiger partial charge in [-0.05, 0) is 84.6 Å². The van der Waals surface area contributed by atoms with Gasteiger partial charge in [-0.3, -0.25) is 0 Å². The molecule has 27 heavy (non-hydrogen) atoms. The lowest BCUT2D eigenvalue weighted by Crippen LogP contribution is -2.41. The number of benzene rings is 1. The van der Waals surface area contributed by atoms with Gasteiger partial charge in [0.25, 0.3) is 0 Å². The SMILES string of the molecule is CC(C)(C)OC(=O)N1CCC(c2ccc(OCc3ccsc3Br)cc2)CC1. The van der Waals surface area contributed by atoms with E-state index in [1.54, 1.807) is 11.3 Å². The molecule has 6 heteroatoms. The summed E-state index contributed by atoms with van der Waals surface area (Å²) in [4.78, 5) is 14.0. The number of rotatable bonds is 4. The fourth-order valence-corrected chi connectivity index (χ4v) is 4.34. The van der Waals surface area contributed by atoms with Gasteiger partial charge in [0.05, 0.1) is 3.79 Å².